The van der Waals surface area contributed by atoms with Gasteiger partial charge < -0.3 is 10.5 Å². The molecule has 0 bridgehead atoms. The van der Waals surface area contributed by atoms with E-state index in [0.29, 0.717) is 10.8 Å². The van der Waals surface area contributed by atoms with Crippen LogP contribution in [0.3, 0.4) is 0 Å². The minimum absolute atomic E-state index is 0.452. The first kappa shape index (κ1) is 13.5. The van der Waals surface area contributed by atoms with Gasteiger partial charge >= 0.3 is 0 Å². The quantitative estimate of drug-likeness (QED) is 0.768. The molecule has 0 aliphatic carbocycles. The zero-order valence-electron chi connectivity index (χ0n) is 11.4. The zero-order chi connectivity index (χ0) is 14.8. The Labute approximate surface area is 127 Å². The van der Waals surface area contributed by atoms with Crippen molar-refractivity contribution in [3.8, 4) is 28.1 Å². The highest BCUT2D eigenvalue weighted by Gasteiger charge is 2.15. The predicted molar refractivity (Wildman–Crippen MR) is 85.4 cm³/mol. The van der Waals surface area contributed by atoms with Gasteiger partial charge in [-0.2, -0.15) is 5.10 Å². The summed E-state index contributed by atoms with van der Waals surface area (Å²) in [6, 6.07) is 15.3. The highest BCUT2D eigenvalue weighted by atomic mass is 35.5. The van der Waals surface area contributed by atoms with E-state index in [0.717, 1.165) is 28.1 Å². The van der Waals surface area contributed by atoms with E-state index < -0.39 is 0 Å². The van der Waals surface area contributed by atoms with Gasteiger partial charge in [0.1, 0.15) is 5.75 Å². The molecule has 21 heavy (non-hydrogen) atoms. The van der Waals surface area contributed by atoms with Crippen molar-refractivity contribution < 1.29 is 4.74 Å². The van der Waals surface area contributed by atoms with E-state index in [2.05, 4.69) is 10.2 Å². The van der Waals surface area contributed by atoms with E-state index in [9.17, 15) is 0 Å². The predicted octanol–water partition coefficient (Wildman–Crippen LogP) is 3.99. The van der Waals surface area contributed by atoms with Gasteiger partial charge in [-0.05, 0) is 29.8 Å². The molecule has 5 heteroatoms. The van der Waals surface area contributed by atoms with E-state index in [-0.39, 0.29) is 0 Å². The second-order valence-corrected chi connectivity index (χ2v) is 5.03. The second-order valence-electron chi connectivity index (χ2n) is 4.60. The standard InChI is InChI=1S/C16H14ClN3O/c1-21-13-4-2-3-11(9-13)14-15(19-20-16(14)18)10-5-7-12(17)8-6-10/h2-9H,1H3,(H3,18,19,20). The first-order valence-corrected chi connectivity index (χ1v) is 6.81. The molecule has 0 aliphatic heterocycles. The lowest BCUT2D eigenvalue weighted by Gasteiger charge is -2.07. The number of aromatic amines is 1. The van der Waals surface area contributed by atoms with Crippen molar-refractivity contribution in [3.63, 3.8) is 0 Å². The number of H-pyrrole nitrogens is 1. The first-order valence-electron chi connectivity index (χ1n) is 6.43. The number of nitrogens with two attached hydrogens (primary N) is 1. The molecule has 2 aromatic carbocycles. The van der Waals surface area contributed by atoms with Crippen LogP contribution in [0.4, 0.5) is 5.82 Å². The summed E-state index contributed by atoms with van der Waals surface area (Å²) in [4.78, 5) is 0. The molecule has 1 heterocycles. The van der Waals surface area contributed by atoms with Crippen molar-refractivity contribution >= 4 is 17.4 Å². The van der Waals surface area contributed by atoms with Crippen LogP contribution in [0.15, 0.2) is 48.5 Å². The highest BCUT2D eigenvalue weighted by Crippen LogP contribution is 2.36. The van der Waals surface area contributed by atoms with E-state index in [1.165, 1.54) is 0 Å². The molecule has 0 amide bonds. The minimum Gasteiger partial charge on any atom is -0.497 e. The Kier molecular flexibility index (Phi) is 3.54. The fraction of sp³-hybridized carbons (Fsp3) is 0.0625. The maximum Gasteiger partial charge on any atom is 0.153 e. The average Bonchev–Trinajstić information content (AvgIpc) is 2.90. The van der Waals surface area contributed by atoms with Gasteiger partial charge in [0.2, 0.25) is 0 Å². The van der Waals surface area contributed by atoms with Gasteiger partial charge in [-0.15, -0.1) is 0 Å². The summed E-state index contributed by atoms with van der Waals surface area (Å²) in [5.74, 6) is 1.23. The van der Waals surface area contributed by atoms with E-state index >= 15 is 0 Å². The second kappa shape index (κ2) is 5.50. The Bertz CT molecular complexity index is 765. The molecule has 0 aliphatic rings. The maximum absolute atomic E-state index is 6.02. The number of hydrogen-bond donors (Lipinski definition) is 2. The molecule has 106 valence electrons. The van der Waals surface area contributed by atoms with Gasteiger partial charge in [-0.25, -0.2) is 0 Å². The van der Waals surface area contributed by atoms with Crippen molar-refractivity contribution in [2.45, 2.75) is 0 Å². The summed E-state index contributed by atoms with van der Waals surface area (Å²) < 4.78 is 5.27. The molecule has 3 aromatic rings. The largest absolute Gasteiger partial charge is 0.497 e. The number of rotatable bonds is 3. The third-order valence-electron chi connectivity index (χ3n) is 3.29. The van der Waals surface area contributed by atoms with Gasteiger partial charge in [0.05, 0.1) is 18.4 Å². The lowest BCUT2D eigenvalue weighted by atomic mass is 10.0. The molecule has 0 unspecified atom stereocenters. The fourth-order valence-corrected chi connectivity index (χ4v) is 2.38. The van der Waals surface area contributed by atoms with E-state index in [1.807, 2.05) is 48.5 Å². The number of halogens is 1. The first-order chi connectivity index (χ1) is 10.2. The topological polar surface area (TPSA) is 63.9 Å². The van der Waals surface area contributed by atoms with Gasteiger partial charge in [0, 0.05) is 10.6 Å². The number of anilines is 1. The van der Waals surface area contributed by atoms with Crippen LogP contribution in [-0.2, 0) is 0 Å². The van der Waals surface area contributed by atoms with Crippen LogP contribution in [0.25, 0.3) is 22.4 Å². The molecule has 0 saturated heterocycles. The molecular formula is C16H14ClN3O. The van der Waals surface area contributed by atoms with Crippen LogP contribution >= 0.6 is 11.6 Å². The number of benzene rings is 2. The molecule has 0 spiro atoms. The molecule has 4 nitrogen and oxygen atoms in total. The zero-order valence-corrected chi connectivity index (χ0v) is 12.2. The van der Waals surface area contributed by atoms with Gasteiger partial charge in [0.15, 0.2) is 5.82 Å². The summed E-state index contributed by atoms with van der Waals surface area (Å²) in [6.07, 6.45) is 0. The van der Waals surface area contributed by atoms with Gasteiger partial charge in [0.25, 0.3) is 0 Å². The molecule has 0 saturated carbocycles. The lowest BCUT2D eigenvalue weighted by Crippen LogP contribution is -1.90. The van der Waals surface area contributed by atoms with Crippen molar-refractivity contribution in [3.05, 3.63) is 53.6 Å². The Hall–Kier alpha value is -2.46. The number of nitrogens with zero attached hydrogens (tertiary/aromatic N) is 1. The van der Waals surface area contributed by atoms with Crippen LogP contribution < -0.4 is 10.5 Å². The molecule has 0 atom stereocenters. The third-order valence-corrected chi connectivity index (χ3v) is 3.54. The normalized spacial score (nSPS) is 10.6. The van der Waals surface area contributed by atoms with Gasteiger partial charge in [-0.1, -0.05) is 35.9 Å². The van der Waals surface area contributed by atoms with Crippen LogP contribution in [0.1, 0.15) is 0 Å². The number of ether oxygens (including phenoxy) is 1. The summed E-state index contributed by atoms with van der Waals surface area (Å²) >= 11 is 5.93. The van der Waals surface area contributed by atoms with Crippen LogP contribution in [0, 0.1) is 0 Å². The van der Waals surface area contributed by atoms with E-state index in [4.69, 9.17) is 22.1 Å². The Balaban J connectivity index is 2.14. The summed E-state index contributed by atoms with van der Waals surface area (Å²) in [5, 5.41) is 7.80. The minimum atomic E-state index is 0.452. The number of aromatic nitrogens is 2. The third kappa shape index (κ3) is 2.58. The maximum atomic E-state index is 6.02. The Morgan fingerprint density at radius 3 is 2.57 bits per heavy atom. The SMILES string of the molecule is COc1cccc(-c2c(N)n[nH]c2-c2ccc(Cl)cc2)c1. The molecule has 3 N–H and O–H groups in total. The molecule has 0 radical (unpaired) electrons. The molecule has 0 fully saturated rings. The number of methoxy groups -OCH3 is 1. The van der Waals surface area contributed by atoms with Crippen molar-refractivity contribution in [1.82, 2.24) is 10.2 Å². The van der Waals surface area contributed by atoms with Crippen LogP contribution in [-0.4, -0.2) is 17.3 Å². The van der Waals surface area contributed by atoms with Crippen molar-refractivity contribution in [1.29, 1.82) is 0 Å². The van der Waals surface area contributed by atoms with Crippen LogP contribution in [0.2, 0.25) is 5.02 Å². The lowest BCUT2D eigenvalue weighted by molar-refractivity contribution is 0.415. The van der Waals surface area contributed by atoms with Crippen LogP contribution in [0.5, 0.6) is 5.75 Å². The average molecular weight is 300 g/mol. The monoisotopic (exact) mass is 299 g/mol. The molecular weight excluding hydrogens is 286 g/mol. The highest BCUT2D eigenvalue weighted by molar-refractivity contribution is 6.30. The fourth-order valence-electron chi connectivity index (χ4n) is 2.25. The smallest absolute Gasteiger partial charge is 0.153 e. The van der Waals surface area contributed by atoms with Crippen molar-refractivity contribution in [2.24, 2.45) is 0 Å². The molecule has 1 aromatic heterocycles. The summed E-state index contributed by atoms with van der Waals surface area (Å²) in [5.41, 5.74) is 9.66. The number of hydrogen-bond acceptors (Lipinski definition) is 3. The number of nitrogen functional groups attached to an aromatic ring is 1. The number of nitrogens with one attached hydrogen (secondary N) is 1. The van der Waals surface area contributed by atoms with Crippen molar-refractivity contribution in [2.75, 3.05) is 12.8 Å². The summed E-state index contributed by atoms with van der Waals surface area (Å²) in [6.45, 7) is 0. The Morgan fingerprint density at radius 2 is 1.86 bits per heavy atom. The summed E-state index contributed by atoms with van der Waals surface area (Å²) in [7, 11) is 1.64. The molecule has 3 rings (SSSR count). The van der Waals surface area contributed by atoms with E-state index in [1.54, 1.807) is 7.11 Å². The Morgan fingerprint density at radius 1 is 1.10 bits per heavy atom. The van der Waals surface area contributed by atoms with Gasteiger partial charge in [-0.3, -0.25) is 5.10 Å².